The number of hydrogen-bond donors (Lipinski definition) is 0. The molecule has 17 heavy (non-hydrogen) atoms. The lowest BCUT2D eigenvalue weighted by atomic mass is 10.1. The van der Waals surface area contributed by atoms with Crippen molar-refractivity contribution in [3.63, 3.8) is 0 Å². The summed E-state index contributed by atoms with van der Waals surface area (Å²) in [6.07, 6.45) is 0.698. The largest absolute Gasteiger partial charge is 0.342 e. The van der Waals surface area contributed by atoms with Crippen molar-refractivity contribution in [2.45, 2.75) is 18.0 Å². The van der Waals surface area contributed by atoms with Gasteiger partial charge in [0, 0.05) is 12.0 Å². The SMILES string of the molecule is c1ccc2c(c1)CC1(OCCO1)C21OCCO1. The van der Waals surface area contributed by atoms with Crippen molar-refractivity contribution in [3.8, 4) is 0 Å². The van der Waals surface area contributed by atoms with E-state index >= 15 is 0 Å². The second kappa shape index (κ2) is 3.29. The number of fused-ring (bicyclic) bond motifs is 3. The summed E-state index contributed by atoms with van der Waals surface area (Å²) in [7, 11) is 0. The Labute approximate surface area is 99.4 Å². The summed E-state index contributed by atoms with van der Waals surface area (Å²) >= 11 is 0. The minimum atomic E-state index is -0.847. The van der Waals surface area contributed by atoms with Gasteiger partial charge in [-0.15, -0.1) is 0 Å². The highest BCUT2D eigenvalue weighted by molar-refractivity contribution is 5.40. The summed E-state index contributed by atoms with van der Waals surface area (Å²) in [6, 6.07) is 8.15. The molecule has 2 spiro atoms. The van der Waals surface area contributed by atoms with Gasteiger partial charge < -0.3 is 18.9 Å². The molecule has 0 aromatic heterocycles. The molecular weight excluding hydrogens is 220 g/mol. The number of hydrogen-bond acceptors (Lipinski definition) is 4. The molecule has 0 amide bonds. The molecule has 90 valence electrons. The molecule has 0 atom stereocenters. The normalized spacial score (nSPS) is 28.0. The lowest BCUT2D eigenvalue weighted by Gasteiger charge is -2.36. The first-order valence-electron chi connectivity index (χ1n) is 6.01. The Kier molecular flexibility index (Phi) is 1.94. The van der Waals surface area contributed by atoms with Crippen LogP contribution < -0.4 is 0 Å². The van der Waals surface area contributed by atoms with E-state index in [4.69, 9.17) is 18.9 Å². The van der Waals surface area contributed by atoms with Crippen LogP contribution in [0.3, 0.4) is 0 Å². The fraction of sp³-hybridized carbons (Fsp3) is 0.538. The Bertz CT molecular complexity index is 444. The Hall–Kier alpha value is -0.940. The molecule has 4 rings (SSSR count). The van der Waals surface area contributed by atoms with Gasteiger partial charge in [0.05, 0.1) is 26.4 Å². The molecule has 1 aromatic carbocycles. The first-order valence-corrected chi connectivity index (χ1v) is 6.01. The average molecular weight is 234 g/mol. The van der Waals surface area contributed by atoms with Gasteiger partial charge in [-0.1, -0.05) is 24.3 Å². The quantitative estimate of drug-likeness (QED) is 0.675. The van der Waals surface area contributed by atoms with Gasteiger partial charge in [0.25, 0.3) is 5.79 Å². The molecule has 0 unspecified atom stereocenters. The zero-order chi connectivity index (χ0) is 11.3. The highest BCUT2D eigenvalue weighted by atomic mass is 16.8. The lowest BCUT2D eigenvalue weighted by molar-refractivity contribution is -0.345. The third kappa shape index (κ3) is 1.11. The number of rotatable bonds is 0. The van der Waals surface area contributed by atoms with Gasteiger partial charge in [0.15, 0.2) is 0 Å². The monoisotopic (exact) mass is 234 g/mol. The molecule has 0 radical (unpaired) electrons. The third-order valence-corrected chi connectivity index (χ3v) is 3.74. The maximum atomic E-state index is 5.89. The molecule has 4 nitrogen and oxygen atoms in total. The van der Waals surface area contributed by atoms with Crippen molar-refractivity contribution in [1.29, 1.82) is 0 Å². The Balaban J connectivity index is 1.91. The van der Waals surface area contributed by atoms with E-state index in [0.29, 0.717) is 32.8 Å². The van der Waals surface area contributed by atoms with Crippen LogP contribution in [-0.4, -0.2) is 32.2 Å². The van der Waals surface area contributed by atoms with Crippen molar-refractivity contribution in [2.75, 3.05) is 26.4 Å². The Morgan fingerprint density at radius 2 is 1.47 bits per heavy atom. The fourth-order valence-electron chi connectivity index (χ4n) is 3.10. The summed E-state index contributed by atoms with van der Waals surface area (Å²) in [5.74, 6) is -1.62. The summed E-state index contributed by atoms with van der Waals surface area (Å²) < 4.78 is 23.5. The van der Waals surface area contributed by atoms with E-state index in [0.717, 1.165) is 5.56 Å². The van der Waals surface area contributed by atoms with Crippen molar-refractivity contribution in [2.24, 2.45) is 0 Å². The molecule has 2 saturated heterocycles. The van der Waals surface area contributed by atoms with Crippen molar-refractivity contribution in [1.82, 2.24) is 0 Å². The molecule has 2 heterocycles. The van der Waals surface area contributed by atoms with Crippen LogP contribution in [0.2, 0.25) is 0 Å². The van der Waals surface area contributed by atoms with E-state index in [1.807, 2.05) is 18.2 Å². The molecule has 4 heteroatoms. The Morgan fingerprint density at radius 1 is 0.824 bits per heavy atom. The molecule has 0 N–H and O–H groups in total. The smallest absolute Gasteiger partial charge is 0.252 e. The maximum Gasteiger partial charge on any atom is 0.252 e. The molecule has 2 fully saturated rings. The van der Waals surface area contributed by atoms with Gasteiger partial charge in [-0.2, -0.15) is 0 Å². The summed E-state index contributed by atoms with van der Waals surface area (Å²) in [5.41, 5.74) is 2.25. The molecule has 3 aliphatic rings. The van der Waals surface area contributed by atoms with Crippen molar-refractivity contribution >= 4 is 0 Å². The first-order chi connectivity index (χ1) is 8.36. The van der Waals surface area contributed by atoms with Crippen LogP contribution in [-0.2, 0) is 31.2 Å². The van der Waals surface area contributed by atoms with Crippen LogP contribution in [0.15, 0.2) is 24.3 Å². The van der Waals surface area contributed by atoms with Crippen molar-refractivity contribution in [3.05, 3.63) is 35.4 Å². The lowest BCUT2D eigenvalue weighted by Crippen LogP contribution is -2.50. The zero-order valence-corrected chi connectivity index (χ0v) is 9.48. The van der Waals surface area contributed by atoms with Crippen LogP contribution in [0.4, 0.5) is 0 Å². The highest BCUT2D eigenvalue weighted by Crippen LogP contribution is 2.53. The van der Waals surface area contributed by atoms with Gasteiger partial charge in [-0.05, 0) is 5.56 Å². The van der Waals surface area contributed by atoms with Gasteiger partial charge in [-0.25, -0.2) is 0 Å². The molecular formula is C13H14O4. The van der Waals surface area contributed by atoms with Gasteiger partial charge >= 0.3 is 0 Å². The second-order valence-electron chi connectivity index (χ2n) is 4.60. The van der Waals surface area contributed by atoms with Crippen LogP contribution in [0.1, 0.15) is 11.1 Å². The molecule has 0 saturated carbocycles. The maximum absolute atomic E-state index is 5.89. The van der Waals surface area contributed by atoms with E-state index in [9.17, 15) is 0 Å². The molecule has 2 aliphatic heterocycles. The van der Waals surface area contributed by atoms with E-state index in [1.165, 1.54) is 5.56 Å². The summed E-state index contributed by atoms with van der Waals surface area (Å²) in [4.78, 5) is 0. The van der Waals surface area contributed by atoms with Gasteiger partial charge in [0.2, 0.25) is 5.79 Å². The van der Waals surface area contributed by atoms with Crippen LogP contribution in [0, 0.1) is 0 Å². The number of ether oxygens (including phenoxy) is 4. The molecule has 1 aliphatic carbocycles. The topological polar surface area (TPSA) is 36.9 Å². The van der Waals surface area contributed by atoms with Gasteiger partial charge in [0.1, 0.15) is 0 Å². The third-order valence-electron chi connectivity index (χ3n) is 3.74. The second-order valence-corrected chi connectivity index (χ2v) is 4.60. The zero-order valence-electron chi connectivity index (χ0n) is 9.48. The summed E-state index contributed by atoms with van der Waals surface area (Å²) in [5, 5.41) is 0. The van der Waals surface area contributed by atoms with Crippen LogP contribution in [0.25, 0.3) is 0 Å². The Morgan fingerprint density at radius 3 is 2.24 bits per heavy atom. The minimum absolute atomic E-state index is 0.586. The van der Waals surface area contributed by atoms with Crippen LogP contribution in [0.5, 0.6) is 0 Å². The van der Waals surface area contributed by atoms with E-state index < -0.39 is 11.6 Å². The molecule has 1 aromatic rings. The predicted octanol–water partition coefficient (Wildman–Crippen LogP) is 1.19. The highest BCUT2D eigenvalue weighted by Gasteiger charge is 2.66. The predicted molar refractivity (Wildman–Crippen MR) is 58.4 cm³/mol. The van der Waals surface area contributed by atoms with Crippen LogP contribution >= 0.6 is 0 Å². The fourth-order valence-corrected chi connectivity index (χ4v) is 3.10. The van der Waals surface area contributed by atoms with Gasteiger partial charge in [-0.3, -0.25) is 0 Å². The number of benzene rings is 1. The standard InChI is InChI=1S/C13H14O4/c1-2-4-11-10(3-1)9-12(14-5-6-15-12)13(11)16-7-8-17-13/h1-4H,5-9H2. The van der Waals surface area contributed by atoms with E-state index in [-0.39, 0.29) is 0 Å². The average Bonchev–Trinajstić information content (AvgIpc) is 3.04. The van der Waals surface area contributed by atoms with Crippen molar-refractivity contribution < 1.29 is 18.9 Å². The first kappa shape index (κ1) is 10.0. The van der Waals surface area contributed by atoms with E-state index in [1.54, 1.807) is 0 Å². The molecule has 0 bridgehead atoms. The summed E-state index contributed by atoms with van der Waals surface area (Å²) in [6.45, 7) is 2.37. The van der Waals surface area contributed by atoms with E-state index in [2.05, 4.69) is 6.07 Å². The minimum Gasteiger partial charge on any atom is -0.342 e.